The number of benzene rings is 1. The Morgan fingerprint density at radius 2 is 2.10 bits per heavy atom. The zero-order chi connectivity index (χ0) is 20.3. The van der Waals surface area contributed by atoms with Crippen LogP contribution < -0.4 is 10.6 Å². The summed E-state index contributed by atoms with van der Waals surface area (Å²) >= 11 is 0. The van der Waals surface area contributed by atoms with E-state index >= 15 is 0 Å². The monoisotopic (exact) mass is 404 g/mol. The minimum Gasteiger partial charge on any atom is -0.445 e. The molecule has 1 fully saturated rings. The van der Waals surface area contributed by atoms with Crippen LogP contribution in [0, 0.1) is 0 Å². The van der Waals surface area contributed by atoms with Gasteiger partial charge in [-0.3, -0.25) is 4.79 Å². The first-order chi connectivity index (χ1) is 14.8. The lowest BCUT2D eigenvalue weighted by Gasteiger charge is -2.23. The normalized spacial score (nSPS) is 14.7. The van der Waals surface area contributed by atoms with E-state index in [1.807, 2.05) is 24.3 Å². The van der Waals surface area contributed by atoms with Gasteiger partial charge in [0.2, 0.25) is 5.89 Å². The van der Waals surface area contributed by atoms with E-state index in [1.54, 1.807) is 23.0 Å². The lowest BCUT2D eigenvalue weighted by atomic mass is 10.1. The van der Waals surface area contributed by atoms with Gasteiger partial charge in [-0.1, -0.05) is 6.07 Å². The van der Waals surface area contributed by atoms with Crippen molar-refractivity contribution in [3.63, 3.8) is 0 Å². The summed E-state index contributed by atoms with van der Waals surface area (Å²) in [6.07, 6.45) is 8.27. The van der Waals surface area contributed by atoms with Gasteiger partial charge in [-0.15, -0.1) is 0 Å². The van der Waals surface area contributed by atoms with Crippen LogP contribution >= 0.6 is 0 Å². The zero-order valence-electron chi connectivity index (χ0n) is 16.1. The summed E-state index contributed by atoms with van der Waals surface area (Å²) in [5, 5.41) is 10.6. The van der Waals surface area contributed by atoms with Gasteiger partial charge in [0.25, 0.3) is 5.91 Å². The van der Waals surface area contributed by atoms with E-state index < -0.39 is 0 Å². The van der Waals surface area contributed by atoms with Crippen molar-refractivity contribution in [1.82, 2.24) is 19.6 Å². The van der Waals surface area contributed by atoms with Crippen molar-refractivity contribution in [3.8, 4) is 11.5 Å². The number of rotatable bonds is 5. The Labute approximate surface area is 172 Å². The number of hydrogen-bond acceptors (Lipinski definition) is 7. The van der Waals surface area contributed by atoms with Gasteiger partial charge in [0.05, 0.1) is 12.4 Å². The average molecular weight is 404 g/mol. The largest absolute Gasteiger partial charge is 0.445 e. The number of aromatic nitrogens is 4. The third kappa shape index (κ3) is 3.74. The molecule has 1 aliphatic rings. The van der Waals surface area contributed by atoms with Crippen LogP contribution in [0.15, 0.2) is 59.6 Å². The number of nitrogens with zero attached hydrogens (tertiary/aromatic N) is 4. The standard InChI is InChI=1S/C21H20N6O3/c28-20(25-16-3-1-2-14(12-16)21-22-7-11-30-21)17-13-23-27-8-4-18(26-19(17)27)24-15-5-9-29-10-6-15/h1-4,7-8,11-13,15H,5-6,9-10H2,(H,24,26)(H,25,28). The van der Waals surface area contributed by atoms with Crippen LogP contribution in [0.2, 0.25) is 0 Å². The topological polar surface area (TPSA) is 107 Å². The molecule has 0 radical (unpaired) electrons. The second-order valence-electron chi connectivity index (χ2n) is 7.04. The Kier molecular flexibility index (Phi) is 4.86. The maximum absolute atomic E-state index is 12.9. The summed E-state index contributed by atoms with van der Waals surface area (Å²) in [7, 11) is 0. The molecule has 30 heavy (non-hydrogen) atoms. The Balaban J connectivity index is 1.37. The number of carbonyl (C=O) groups is 1. The SMILES string of the molecule is O=C(Nc1cccc(-c2ncco2)c1)c1cnn2ccc(NC3CCOCC3)nc12. The number of oxazole rings is 1. The molecule has 0 aliphatic carbocycles. The van der Waals surface area contributed by atoms with Gasteiger partial charge in [-0.2, -0.15) is 5.10 Å². The number of ether oxygens (including phenoxy) is 1. The Morgan fingerprint density at radius 1 is 1.20 bits per heavy atom. The van der Waals surface area contributed by atoms with E-state index in [0.717, 1.165) is 37.4 Å². The van der Waals surface area contributed by atoms with E-state index in [1.165, 1.54) is 12.5 Å². The lowest BCUT2D eigenvalue weighted by Crippen LogP contribution is -2.28. The zero-order valence-corrected chi connectivity index (χ0v) is 16.1. The fourth-order valence-corrected chi connectivity index (χ4v) is 3.45. The van der Waals surface area contributed by atoms with E-state index in [4.69, 9.17) is 9.15 Å². The number of carbonyl (C=O) groups excluding carboxylic acids is 1. The van der Waals surface area contributed by atoms with E-state index in [9.17, 15) is 4.79 Å². The van der Waals surface area contributed by atoms with Gasteiger partial charge in [-0.25, -0.2) is 14.5 Å². The molecule has 5 rings (SSSR count). The number of anilines is 2. The summed E-state index contributed by atoms with van der Waals surface area (Å²) in [6.45, 7) is 1.49. The summed E-state index contributed by atoms with van der Waals surface area (Å²) in [5.41, 5.74) is 2.30. The first-order valence-electron chi connectivity index (χ1n) is 9.76. The molecule has 3 aromatic heterocycles. The van der Waals surface area contributed by atoms with Gasteiger partial charge in [-0.05, 0) is 37.1 Å². The first-order valence-corrected chi connectivity index (χ1v) is 9.76. The fraction of sp³-hybridized carbons (Fsp3) is 0.238. The predicted octanol–water partition coefficient (Wildman–Crippen LogP) is 3.23. The third-order valence-corrected chi connectivity index (χ3v) is 4.99. The molecule has 9 heteroatoms. The maximum atomic E-state index is 12.9. The Morgan fingerprint density at radius 3 is 2.93 bits per heavy atom. The molecule has 4 aromatic rings. The highest BCUT2D eigenvalue weighted by atomic mass is 16.5. The summed E-state index contributed by atoms with van der Waals surface area (Å²) in [5.74, 6) is 0.924. The molecule has 1 saturated heterocycles. The van der Waals surface area contributed by atoms with Crippen LogP contribution in [-0.2, 0) is 4.74 Å². The molecule has 1 amide bonds. The van der Waals surface area contributed by atoms with Crippen LogP contribution in [0.1, 0.15) is 23.2 Å². The first kappa shape index (κ1) is 18.3. The van der Waals surface area contributed by atoms with Gasteiger partial charge < -0.3 is 19.8 Å². The molecule has 1 aromatic carbocycles. The van der Waals surface area contributed by atoms with E-state index in [0.29, 0.717) is 28.8 Å². The van der Waals surface area contributed by atoms with E-state index in [2.05, 4.69) is 25.7 Å². The quantitative estimate of drug-likeness (QED) is 0.526. The van der Waals surface area contributed by atoms with Crippen molar-refractivity contribution < 1.29 is 13.9 Å². The van der Waals surface area contributed by atoms with Crippen molar-refractivity contribution >= 4 is 23.1 Å². The van der Waals surface area contributed by atoms with Crippen LogP contribution in [0.4, 0.5) is 11.5 Å². The molecule has 2 N–H and O–H groups in total. The molecule has 152 valence electrons. The molecule has 0 unspecified atom stereocenters. The highest BCUT2D eigenvalue weighted by molar-refractivity contribution is 6.08. The molecule has 0 atom stereocenters. The third-order valence-electron chi connectivity index (χ3n) is 4.99. The molecular formula is C21H20N6O3. The molecular weight excluding hydrogens is 384 g/mol. The molecule has 0 spiro atoms. The van der Waals surface area contributed by atoms with Crippen molar-refractivity contribution in [2.45, 2.75) is 18.9 Å². The lowest BCUT2D eigenvalue weighted by molar-refractivity contribution is 0.0904. The fourth-order valence-electron chi connectivity index (χ4n) is 3.45. The second kappa shape index (κ2) is 7.96. The van der Waals surface area contributed by atoms with Gasteiger partial charge in [0, 0.05) is 36.7 Å². The Bertz CT molecular complexity index is 1160. The van der Waals surface area contributed by atoms with Crippen LogP contribution in [-0.4, -0.2) is 44.7 Å². The van der Waals surface area contributed by atoms with Gasteiger partial charge in [0.15, 0.2) is 5.65 Å². The van der Waals surface area contributed by atoms with Crippen molar-refractivity contribution in [2.24, 2.45) is 0 Å². The van der Waals surface area contributed by atoms with Crippen LogP contribution in [0.5, 0.6) is 0 Å². The highest BCUT2D eigenvalue weighted by Crippen LogP contribution is 2.22. The number of hydrogen-bond donors (Lipinski definition) is 2. The summed E-state index contributed by atoms with van der Waals surface area (Å²) in [6, 6.07) is 9.48. The van der Waals surface area contributed by atoms with Gasteiger partial charge >= 0.3 is 0 Å². The minimum absolute atomic E-state index is 0.287. The van der Waals surface area contributed by atoms with E-state index in [-0.39, 0.29) is 5.91 Å². The van der Waals surface area contributed by atoms with Crippen molar-refractivity contribution in [2.75, 3.05) is 23.8 Å². The Hall–Kier alpha value is -3.72. The average Bonchev–Trinajstić information content (AvgIpc) is 3.45. The minimum atomic E-state index is -0.287. The molecule has 9 nitrogen and oxygen atoms in total. The summed E-state index contributed by atoms with van der Waals surface area (Å²) in [4.78, 5) is 21.7. The summed E-state index contributed by atoms with van der Waals surface area (Å²) < 4.78 is 12.3. The number of amides is 1. The van der Waals surface area contributed by atoms with Crippen LogP contribution in [0.3, 0.4) is 0 Å². The maximum Gasteiger partial charge on any atom is 0.261 e. The van der Waals surface area contributed by atoms with Gasteiger partial charge in [0.1, 0.15) is 17.6 Å². The number of fused-ring (bicyclic) bond motifs is 1. The van der Waals surface area contributed by atoms with Crippen LogP contribution in [0.25, 0.3) is 17.1 Å². The smallest absolute Gasteiger partial charge is 0.261 e. The molecule has 0 saturated carbocycles. The highest BCUT2D eigenvalue weighted by Gasteiger charge is 2.17. The second-order valence-corrected chi connectivity index (χ2v) is 7.04. The van der Waals surface area contributed by atoms with Crippen molar-refractivity contribution in [3.05, 3.63) is 60.7 Å². The molecule has 0 bridgehead atoms. The number of nitrogens with one attached hydrogen (secondary N) is 2. The molecule has 1 aliphatic heterocycles. The molecule has 4 heterocycles. The predicted molar refractivity (Wildman–Crippen MR) is 110 cm³/mol. The van der Waals surface area contributed by atoms with Crippen molar-refractivity contribution in [1.29, 1.82) is 0 Å².